The Kier molecular flexibility index (Phi) is 7.20. The van der Waals surface area contributed by atoms with Gasteiger partial charge in [-0.3, -0.25) is 9.69 Å². The second-order valence-corrected chi connectivity index (χ2v) is 6.88. The van der Waals surface area contributed by atoms with Gasteiger partial charge in [-0.15, -0.1) is 0 Å². The minimum absolute atomic E-state index is 0.0646. The van der Waals surface area contributed by atoms with Gasteiger partial charge in [0.25, 0.3) is 5.91 Å². The average Bonchev–Trinajstić information content (AvgIpc) is 2.74. The summed E-state index contributed by atoms with van der Waals surface area (Å²) >= 11 is 0. The van der Waals surface area contributed by atoms with E-state index in [1.807, 2.05) is 30.0 Å². The van der Waals surface area contributed by atoms with Crippen molar-refractivity contribution in [2.45, 2.75) is 19.4 Å². The van der Waals surface area contributed by atoms with Crippen LogP contribution in [0.2, 0.25) is 0 Å². The van der Waals surface area contributed by atoms with E-state index in [2.05, 4.69) is 29.2 Å². The molecule has 0 spiro atoms. The summed E-state index contributed by atoms with van der Waals surface area (Å²) in [5.74, 6) is -0.374. The molecule has 5 heteroatoms. The zero-order valence-corrected chi connectivity index (χ0v) is 16.3. The quantitative estimate of drug-likeness (QED) is 0.729. The molecule has 1 atom stereocenters. The van der Waals surface area contributed by atoms with Crippen LogP contribution in [0.15, 0.2) is 60.7 Å². The molecule has 2 aromatic carbocycles. The molecule has 1 heterocycles. The molecule has 4 nitrogen and oxygen atoms in total. The van der Waals surface area contributed by atoms with E-state index in [1.165, 1.54) is 11.6 Å². The predicted molar refractivity (Wildman–Crippen MR) is 110 cm³/mol. The molecule has 0 aromatic heterocycles. The lowest BCUT2D eigenvalue weighted by Gasteiger charge is -2.35. The second-order valence-electron chi connectivity index (χ2n) is 6.88. The van der Waals surface area contributed by atoms with Crippen LogP contribution < -0.4 is 4.74 Å². The lowest BCUT2D eigenvalue weighted by Crippen LogP contribution is -2.52. The zero-order valence-electron chi connectivity index (χ0n) is 16.3. The van der Waals surface area contributed by atoms with Crippen molar-refractivity contribution in [1.29, 1.82) is 0 Å². The number of hydrogen-bond donors (Lipinski definition) is 0. The Morgan fingerprint density at radius 1 is 1.07 bits per heavy atom. The first-order chi connectivity index (χ1) is 13.7. The van der Waals surface area contributed by atoms with Gasteiger partial charge in [-0.05, 0) is 24.1 Å². The van der Waals surface area contributed by atoms with Crippen LogP contribution >= 0.6 is 0 Å². The number of hydrogen-bond acceptors (Lipinski definition) is 3. The van der Waals surface area contributed by atoms with Crippen molar-refractivity contribution in [2.24, 2.45) is 0 Å². The van der Waals surface area contributed by atoms with Crippen molar-refractivity contribution < 1.29 is 13.9 Å². The summed E-state index contributed by atoms with van der Waals surface area (Å²) < 4.78 is 19.5. The zero-order chi connectivity index (χ0) is 19.8. The average molecular weight is 382 g/mol. The van der Waals surface area contributed by atoms with Crippen molar-refractivity contribution in [3.05, 3.63) is 72.1 Å². The fourth-order valence-electron chi connectivity index (χ4n) is 3.26. The lowest BCUT2D eigenvalue weighted by atomic mass is 10.2. The van der Waals surface area contributed by atoms with Gasteiger partial charge in [-0.1, -0.05) is 61.5 Å². The normalized spacial score (nSPS) is 16.3. The van der Waals surface area contributed by atoms with Gasteiger partial charge in [0.15, 0.2) is 17.7 Å². The first kappa shape index (κ1) is 20.1. The second kappa shape index (κ2) is 10.0. The fraction of sp³-hybridized carbons (Fsp3) is 0.348. The van der Waals surface area contributed by atoms with Gasteiger partial charge in [0, 0.05) is 32.7 Å². The van der Waals surface area contributed by atoms with Gasteiger partial charge in [-0.25, -0.2) is 4.39 Å². The van der Waals surface area contributed by atoms with Crippen LogP contribution in [-0.4, -0.2) is 54.5 Å². The number of piperazine rings is 1. The summed E-state index contributed by atoms with van der Waals surface area (Å²) in [4.78, 5) is 16.9. The molecule has 2 aromatic rings. The number of ether oxygens (including phenoxy) is 1. The summed E-state index contributed by atoms with van der Waals surface area (Å²) in [5.41, 5.74) is 1.19. The van der Waals surface area contributed by atoms with Crippen LogP contribution in [0, 0.1) is 5.82 Å². The molecule has 1 fully saturated rings. The highest BCUT2D eigenvalue weighted by Crippen LogP contribution is 2.19. The number of nitrogens with zero attached hydrogens (tertiary/aromatic N) is 2. The van der Waals surface area contributed by atoms with Crippen molar-refractivity contribution in [3.8, 4) is 5.75 Å². The number of halogens is 1. The van der Waals surface area contributed by atoms with Crippen LogP contribution in [0.3, 0.4) is 0 Å². The monoisotopic (exact) mass is 382 g/mol. The first-order valence-corrected chi connectivity index (χ1v) is 9.81. The van der Waals surface area contributed by atoms with Crippen LogP contribution in [0.4, 0.5) is 4.39 Å². The number of carbonyl (C=O) groups is 1. The van der Waals surface area contributed by atoms with Crippen molar-refractivity contribution in [3.63, 3.8) is 0 Å². The lowest BCUT2D eigenvalue weighted by molar-refractivity contribution is -0.140. The molecule has 148 valence electrons. The largest absolute Gasteiger partial charge is 0.478 e. The predicted octanol–water partition coefficient (Wildman–Crippen LogP) is 3.84. The Balaban J connectivity index is 1.48. The van der Waals surface area contributed by atoms with E-state index in [1.54, 1.807) is 18.2 Å². The highest BCUT2D eigenvalue weighted by Gasteiger charge is 2.28. The SMILES string of the molecule is CC[C@H](Oc1ccccc1F)C(=O)N1CCN(C/C=C/c2ccccc2)CC1. The molecule has 0 unspecified atom stereocenters. The van der Waals surface area contributed by atoms with Crippen molar-refractivity contribution in [2.75, 3.05) is 32.7 Å². The molecule has 0 radical (unpaired) electrons. The van der Waals surface area contributed by atoms with Gasteiger partial charge < -0.3 is 9.64 Å². The highest BCUT2D eigenvalue weighted by atomic mass is 19.1. The van der Waals surface area contributed by atoms with E-state index in [-0.39, 0.29) is 11.7 Å². The number of amides is 1. The topological polar surface area (TPSA) is 32.8 Å². The maximum absolute atomic E-state index is 13.8. The Hall–Kier alpha value is -2.66. The van der Waals surface area contributed by atoms with Gasteiger partial charge in [0.2, 0.25) is 0 Å². The number of rotatable bonds is 7. The van der Waals surface area contributed by atoms with E-state index in [9.17, 15) is 9.18 Å². The van der Waals surface area contributed by atoms with Gasteiger partial charge in [-0.2, -0.15) is 0 Å². The summed E-state index contributed by atoms with van der Waals surface area (Å²) in [5, 5.41) is 0. The van der Waals surface area contributed by atoms with Crippen LogP contribution in [-0.2, 0) is 4.79 Å². The maximum Gasteiger partial charge on any atom is 0.263 e. The van der Waals surface area contributed by atoms with Crippen LogP contribution in [0.5, 0.6) is 5.75 Å². The van der Waals surface area contributed by atoms with E-state index in [0.717, 1.165) is 19.6 Å². The van der Waals surface area contributed by atoms with Crippen LogP contribution in [0.1, 0.15) is 18.9 Å². The van der Waals surface area contributed by atoms with Crippen molar-refractivity contribution >= 4 is 12.0 Å². The molecule has 0 N–H and O–H groups in total. The highest BCUT2D eigenvalue weighted by molar-refractivity contribution is 5.81. The van der Waals surface area contributed by atoms with E-state index in [4.69, 9.17) is 4.74 Å². The minimum Gasteiger partial charge on any atom is -0.478 e. The third kappa shape index (κ3) is 5.42. The van der Waals surface area contributed by atoms with E-state index < -0.39 is 11.9 Å². The Labute approximate surface area is 166 Å². The Bertz CT molecular complexity index is 786. The minimum atomic E-state index is -0.651. The third-order valence-corrected chi connectivity index (χ3v) is 4.91. The molecule has 1 amide bonds. The molecule has 3 rings (SSSR count). The Morgan fingerprint density at radius 3 is 2.43 bits per heavy atom. The van der Waals surface area contributed by atoms with Gasteiger partial charge in [0.1, 0.15) is 0 Å². The first-order valence-electron chi connectivity index (χ1n) is 9.81. The van der Waals surface area contributed by atoms with Gasteiger partial charge in [0.05, 0.1) is 0 Å². The molecule has 1 saturated heterocycles. The number of para-hydroxylation sites is 1. The van der Waals surface area contributed by atoms with E-state index >= 15 is 0 Å². The molecule has 0 saturated carbocycles. The third-order valence-electron chi connectivity index (χ3n) is 4.91. The summed E-state index contributed by atoms with van der Waals surface area (Å²) in [7, 11) is 0. The van der Waals surface area contributed by atoms with Crippen LogP contribution in [0.25, 0.3) is 6.08 Å². The maximum atomic E-state index is 13.8. The number of carbonyl (C=O) groups excluding carboxylic acids is 1. The molecule has 0 bridgehead atoms. The fourth-order valence-corrected chi connectivity index (χ4v) is 3.26. The van der Waals surface area contributed by atoms with E-state index in [0.29, 0.717) is 19.5 Å². The van der Waals surface area contributed by atoms with Gasteiger partial charge >= 0.3 is 0 Å². The smallest absolute Gasteiger partial charge is 0.263 e. The molecule has 1 aliphatic rings. The molecule has 0 aliphatic carbocycles. The summed E-state index contributed by atoms with van der Waals surface area (Å²) in [6.07, 6.45) is 4.13. The molecular weight excluding hydrogens is 355 g/mol. The molecular formula is C23H27FN2O2. The standard InChI is InChI=1S/C23H27FN2O2/c1-2-21(28-22-13-7-6-12-20(22)24)23(27)26-17-15-25(16-18-26)14-8-11-19-9-4-3-5-10-19/h3-13,21H,2,14-18H2,1H3/b11-8+/t21-/m0/s1. The molecule has 28 heavy (non-hydrogen) atoms. The summed E-state index contributed by atoms with van der Waals surface area (Å²) in [6.45, 7) is 5.71. The summed E-state index contributed by atoms with van der Waals surface area (Å²) in [6, 6.07) is 16.4. The van der Waals surface area contributed by atoms with Crippen molar-refractivity contribution in [1.82, 2.24) is 9.80 Å². The molecule has 1 aliphatic heterocycles. The Morgan fingerprint density at radius 2 is 1.75 bits per heavy atom. The number of benzene rings is 2.